The molecule has 1 aliphatic heterocycles. The number of halogens is 3. The molecule has 3 aromatic carbocycles. The number of nitro benzene ring substituents is 2. The van der Waals surface area contributed by atoms with Crippen molar-refractivity contribution in [3.05, 3.63) is 115 Å². The Labute approximate surface area is 205 Å². The summed E-state index contributed by atoms with van der Waals surface area (Å²) in [6.45, 7) is 0. The van der Waals surface area contributed by atoms with Gasteiger partial charge in [-0.25, -0.2) is 0 Å². The first kappa shape index (κ1) is 25.0. The number of Topliss-reactive ketones (excluding diaryl/α,β-unsaturated/α-hetero) is 1. The summed E-state index contributed by atoms with van der Waals surface area (Å²) in [7, 11) is 0. The smallest absolute Gasteiger partial charge is 0.416 e. The number of alkyl halides is 3. The minimum absolute atomic E-state index is 0.0331. The van der Waals surface area contributed by atoms with E-state index in [-0.39, 0.29) is 22.5 Å². The number of aliphatic hydroxyl groups is 1. The molecule has 0 aliphatic carbocycles. The normalized spacial score (nSPS) is 17.2. The van der Waals surface area contributed by atoms with Gasteiger partial charge < -0.3 is 5.11 Å². The van der Waals surface area contributed by atoms with Crippen molar-refractivity contribution in [1.82, 2.24) is 0 Å². The molecule has 0 bridgehead atoms. The van der Waals surface area contributed by atoms with Crippen LogP contribution in [0.1, 0.15) is 22.7 Å². The lowest BCUT2D eigenvalue weighted by Gasteiger charge is -2.26. The molecule has 0 saturated carbocycles. The van der Waals surface area contributed by atoms with Gasteiger partial charge in [0.05, 0.1) is 27.0 Å². The van der Waals surface area contributed by atoms with Crippen LogP contribution in [0.25, 0.3) is 5.76 Å². The maximum absolute atomic E-state index is 13.4. The van der Waals surface area contributed by atoms with Crippen molar-refractivity contribution in [2.75, 3.05) is 4.90 Å². The van der Waals surface area contributed by atoms with E-state index >= 15 is 0 Å². The predicted octanol–water partition coefficient (Wildman–Crippen LogP) is 5.15. The van der Waals surface area contributed by atoms with Gasteiger partial charge in [-0.15, -0.1) is 0 Å². The van der Waals surface area contributed by atoms with Crippen molar-refractivity contribution in [1.29, 1.82) is 0 Å². The van der Waals surface area contributed by atoms with Gasteiger partial charge in [0.15, 0.2) is 0 Å². The van der Waals surface area contributed by atoms with E-state index in [0.29, 0.717) is 11.0 Å². The highest BCUT2D eigenvalue weighted by Gasteiger charge is 2.47. The van der Waals surface area contributed by atoms with Crippen LogP contribution in [-0.4, -0.2) is 26.6 Å². The fraction of sp³-hybridized carbons (Fsp3) is 0.0833. The van der Waals surface area contributed by atoms with Gasteiger partial charge in [0.25, 0.3) is 23.1 Å². The summed E-state index contributed by atoms with van der Waals surface area (Å²) >= 11 is 0. The first-order valence-electron chi connectivity index (χ1n) is 10.4. The molecule has 1 amide bonds. The van der Waals surface area contributed by atoms with Crippen LogP contribution in [0.15, 0.2) is 78.4 Å². The number of aliphatic hydroxyl groups excluding tert-OH is 1. The Morgan fingerprint density at radius 2 is 1.49 bits per heavy atom. The van der Waals surface area contributed by atoms with Gasteiger partial charge in [-0.05, 0) is 35.9 Å². The SMILES string of the molecule is O=C1C(=O)N(c2cccc(C(F)(F)F)c2)C(c2cccc([N+](=O)[O-])c2)C1=C(O)c1ccc([N+](=O)[O-])cc1. The Bertz CT molecular complexity index is 1480. The second-order valence-corrected chi connectivity index (χ2v) is 7.87. The first-order valence-corrected chi connectivity index (χ1v) is 10.4. The van der Waals surface area contributed by atoms with E-state index in [1.807, 2.05) is 0 Å². The molecule has 37 heavy (non-hydrogen) atoms. The van der Waals surface area contributed by atoms with Crippen molar-refractivity contribution in [3.63, 3.8) is 0 Å². The van der Waals surface area contributed by atoms with E-state index in [2.05, 4.69) is 0 Å². The van der Waals surface area contributed by atoms with Gasteiger partial charge in [0, 0.05) is 35.5 Å². The molecule has 10 nitrogen and oxygen atoms in total. The Morgan fingerprint density at radius 3 is 2.08 bits per heavy atom. The van der Waals surface area contributed by atoms with Crippen LogP contribution in [-0.2, 0) is 15.8 Å². The van der Waals surface area contributed by atoms with Gasteiger partial charge in [0.1, 0.15) is 5.76 Å². The van der Waals surface area contributed by atoms with E-state index in [0.717, 1.165) is 54.6 Å². The fourth-order valence-corrected chi connectivity index (χ4v) is 3.95. The number of non-ortho nitro benzene ring substituents is 2. The highest BCUT2D eigenvalue weighted by atomic mass is 19.4. The molecule has 0 radical (unpaired) electrons. The topological polar surface area (TPSA) is 144 Å². The third-order valence-electron chi connectivity index (χ3n) is 5.64. The Balaban J connectivity index is 1.96. The molecule has 1 heterocycles. The summed E-state index contributed by atoms with van der Waals surface area (Å²) in [6.07, 6.45) is -4.77. The van der Waals surface area contributed by atoms with E-state index in [1.165, 1.54) is 12.1 Å². The largest absolute Gasteiger partial charge is 0.507 e. The molecule has 4 rings (SSSR count). The maximum atomic E-state index is 13.4. The summed E-state index contributed by atoms with van der Waals surface area (Å²) in [5.41, 5.74) is -2.89. The van der Waals surface area contributed by atoms with Crippen LogP contribution < -0.4 is 4.90 Å². The molecule has 1 aliphatic rings. The van der Waals surface area contributed by atoms with Gasteiger partial charge in [0.2, 0.25) is 0 Å². The van der Waals surface area contributed by atoms with Crippen molar-refractivity contribution in [2.45, 2.75) is 12.2 Å². The zero-order chi connectivity index (χ0) is 27.1. The lowest BCUT2D eigenvalue weighted by atomic mass is 9.94. The van der Waals surface area contributed by atoms with Crippen molar-refractivity contribution < 1.29 is 37.7 Å². The van der Waals surface area contributed by atoms with Gasteiger partial charge >= 0.3 is 6.18 Å². The minimum atomic E-state index is -4.77. The van der Waals surface area contributed by atoms with E-state index in [4.69, 9.17) is 0 Å². The molecular weight excluding hydrogens is 499 g/mol. The second kappa shape index (κ2) is 9.18. The quantitative estimate of drug-likeness (QED) is 0.163. The lowest BCUT2D eigenvalue weighted by molar-refractivity contribution is -0.385. The third kappa shape index (κ3) is 4.61. The van der Waals surface area contributed by atoms with Gasteiger partial charge in [-0.2, -0.15) is 13.2 Å². The zero-order valence-corrected chi connectivity index (χ0v) is 18.4. The standard InChI is InChI=1S/C24H14F3N3O7/c25-24(26,27)15-4-2-5-17(12-15)28-20(14-3-1-6-18(11-14)30(36)37)19(22(32)23(28)33)21(31)13-7-9-16(10-8-13)29(34)35/h1-12,20,31H. The number of ketones is 1. The number of hydrogen-bond donors (Lipinski definition) is 1. The number of nitro groups is 2. The van der Waals surface area contributed by atoms with E-state index < -0.39 is 56.3 Å². The van der Waals surface area contributed by atoms with E-state index in [9.17, 15) is 48.1 Å². The van der Waals surface area contributed by atoms with Crippen LogP contribution in [0.5, 0.6) is 0 Å². The first-order chi connectivity index (χ1) is 17.4. The molecule has 1 unspecified atom stereocenters. The number of carbonyl (C=O) groups excluding carboxylic acids is 2. The molecule has 0 spiro atoms. The molecule has 1 saturated heterocycles. The molecular formula is C24H14F3N3O7. The zero-order valence-electron chi connectivity index (χ0n) is 18.4. The van der Waals surface area contributed by atoms with E-state index in [1.54, 1.807) is 0 Å². The number of carbonyl (C=O) groups is 2. The molecule has 1 N–H and O–H groups in total. The number of amides is 1. The number of nitrogens with zero attached hydrogens (tertiary/aromatic N) is 3. The van der Waals surface area contributed by atoms with Gasteiger partial charge in [-0.1, -0.05) is 18.2 Å². The molecule has 13 heteroatoms. The van der Waals surface area contributed by atoms with Crippen LogP contribution in [0, 0.1) is 20.2 Å². The average molecular weight is 513 g/mol. The Hall–Kier alpha value is -5.07. The lowest BCUT2D eigenvalue weighted by Crippen LogP contribution is -2.29. The molecule has 3 aromatic rings. The highest BCUT2D eigenvalue weighted by molar-refractivity contribution is 6.51. The number of rotatable bonds is 5. The molecule has 0 aromatic heterocycles. The average Bonchev–Trinajstić information content (AvgIpc) is 3.13. The highest BCUT2D eigenvalue weighted by Crippen LogP contribution is 2.44. The summed E-state index contributed by atoms with van der Waals surface area (Å²) in [4.78, 5) is 47.7. The number of benzene rings is 3. The van der Waals surface area contributed by atoms with Crippen LogP contribution in [0.3, 0.4) is 0 Å². The third-order valence-corrected chi connectivity index (χ3v) is 5.64. The van der Waals surface area contributed by atoms with Crippen LogP contribution >= 0.6 is 0 Å². The van der Waals surface area contributed by atoms with Crippen molar-refractivity contribution >= 4 is 34.5 Å². The number of hydrogen-bond acceptors (Lipinski definition) is 7. The molecule has 1 atom stereocenters. The predicted molar refractivity (Wildman–Crippen MR) is 122 cm³/mol. The maximum Gasteiger partial charge on any atom is 0.416 e. The monoisotopic (exact) mass is 513 g/mol. The molecule has 1 fully saturated rings. The van der Waals surface area contributed by atoms with Crippen LogP contribution in [0.2, 0.25) is 0 Å². The van der Waals surface area contributed by atoms with Crippen LogP contribution in [0.4, 0.5) is 30.2 Å². The van der Waals surface area contributed by atoms with Crippen molar-refractivity contribution in [3.8, 4) is 0 Å². The summed E-state index contributed by atoms with van der Waals surface area (Å²) in [6, 6.07) is 11.1. The Morgan fingerprint density at radius 1 is 0.865 bits per heavy atom. The van der Waals surface area contributed by atoms with Crippen molar-refractivity contribution in [2.24, 2.45) is 0 Å². The minimum Gasteiger partial charge on any atom is -0.507 e. The molecule has 188 valence electrons. The van der Waals surface area contributed by atoms with Gasteiger partial charge in [-0.3, -0.25) is 34.7 Å². The Kier molecular flexibility index (Phi) is 6.21. The fourth-order valence-electron chi connectivity index (χ4n) is 3.95. The second-order valence-electron chi connectivity index (χ2n) is 7.87. The summed E-state index contributed by atoms with van der Waals surface area (Å²) in [5, 5.41) is 33.3. The summed E-state index contributed by atoms with van der Waals surface area (Å²) < 4.78 is 40.1. The number of anilines is 1. The summed E-state index contributed by atoms with van der Waals surface area (Å²) in [5.74, 6) is -3.30.